The first kappa shape index (κ1) is 23.2. The number of piperidine rings is 1. The highest BCUT2D eigenvalue weighted by Crippen LogP contribution is 2.36. The number of hydrogen-bond donors (Lipinski definition) is 2. The van der Waals surface area contributed by atoms with Crippen LogP contribution in [0.15, 0.2) is 35.2 Å². The number of fused-ring (bicyclic) bond motifs is 1. The number of amides is 2. The first-order valence-corrected chi connectivity index (χ1v) is 12.2. The zero-order chi connectivity index (χ0) is 23.9. The second-order valence-corrected chi connectivity index (χ2v) is 10.4. The quantitative estimate of drug-likeness (QED) is 0.707. The van der Waals surface area contributed by atoms with Gasteiger partial charge in [-0.1, -0.05) is 0 Å². The number of benzene rings is 2. The van der Waals surface area contributed by atoms with Gasteiger partial charge in [-0.2, -0.15) is 4.31 Å². The number of carbonyl (C=O) groups excluding carboxylic acids is 2. The summed E-state index contributed by atoms with van der Waals surface area (Å²) in [5.74, 6) is -1.22. The Morgan fingerprint density at radius 2 is 1.97 bits per heavy atom. The number of nitrogens with one attached hydrogen (secondary N) is 2. The molecule has 0 aromatic heterocycles. The van der Waals surface area contributed by atoms with Gasteiger partial charge in [0.15, 0.2) is 6.10 Å². The Labute approximate surface area is 192 Å². The molecule has 2 aliphatic rings. The number of carbonyl (C=O) groups is 2. The predicted molar refractivity (Wildman–Crippen MR) is 121 cm³/mol. The van der Waals surface area contributed by atoms with Crippen LogP contribution in [0.2, 0.25) is 0 Å². The summed E-state index contributed by atoms with van der Waals surface area (Å²) in [6.07, 6.45) is 0.357. The average molecular weight is 476 g/mol. The lowest BCUT2D eigenvalue weighted by Crippen LogP contribution is -2.44. The molecule has 8 nitrogen and oxygen atoms in total. The van der Waals surface area contributed by atoms with Crippen LogP contribution in [0.1, 0.15) is 30.9 Å². The van der Waals surface area contributed by atoms with E-state index in [-0.39, 0.29) is 23.3 Å². The summed E-state index contributed by atoms with van der Waals surface area (Å²) in [7, 11) is -3.90. The van der Waals surface area contributed by atoms with Gasteiger partial charge in [-0.15, -0.1) is 0 Å². The standard InChI is InChI=1S/C23H26FN3O5S/c1-13-9-17(24)6-7-18(13)25-23(29)16-5-4-8-27(12-16)33(30,31)21-11-20-19(10-14(21)2)26-22(28)15(3)32-20/h6-7,9-11,15-16H,4-5,8,12H2,1-3H3,(H,25,29)(H,26,28)/t15-,16-/m0/s1. The number of sulfonamides is 1. The highest BCUT2D eigenvalue weighted by atomic mass is 32.2. The highest BCUT2D eigenvalue weighted by Gasteiger charge is 2.35. The molecular weight excluding hydrogens is 449 g/mol. The highest BCUT2D eigenvalue weighted by molar-refractivity contribution is 7.89. The molecule has 0 bridgehead atoms. The smallest absolute Gasteiger partial charge is 0.265 e. The van der Waals surface area contributed by atoms with E-state index in [1.807, 2.05) is 0 Å². The van der Waals surface area contributed by atoms with Crippen molar-refractivity contribution in [3.05, 3.63) is 47.3 Å². The monoisotopic (exact) mass is 475 g/mol. The van der Waals surface area contributed by atoms with Crippen molar-refractivity contribution in [1.29, 1.82) is 0 Å². The Morgan fingerprint density at radius 3 is 2.70 bits per heavy atom. The summed E-state index contributed by atoms with van der Waals surface area (Å²) in [6, 6.07) is 7.11. The molecule has 2 atom stereocenters. The lowest BCUT2D eigenvalue weighted by atomic mass is 9.98. The fourth-order valence-electron chi connectivity index (χ4n) is 4.14. The normalized spacial score (nSPS) is 21.0. The Bertz CT molecular complexity index is 1230. The molecule has 0 saturated carbocycles. The molecule has 10 heteroatoms. The van der Waals surface area contributed by atoms with Gasteiger partial charge in [-0.25, -0.2) is 12.8 Å². The molecule has 2 aromatic carbocycles. The van der Waals surface area contributed by atoms with Crippen LogP contribution in [-0.2, 0) is 19.6 Å². The third-order valence-corrected chi connectivity index (χ3v) is 8.03. The SMILES string of the molecule is Cc1cc(F)ccc1NC(=O)[C@H]1CCCN(S(=O)(=O)c2cc3c(cc2C)NC(=O)[C@H](C)O3)C1. The van der Waals surface area contributed by atoms with E-state index in [4.69, 9.17) is 4.74 Å². The van der Waals surface area contributed by atoms with Crippen LogP contribution < -0.4 is 15.4 Å². The molecular formula is C23H26FN3O5S. The predicted octanol–water partition coefficient (Wildman–Crippen LogP) is 3.20. The maximum absolute atomic E-state index is 13.5. The number of aryl methyl sites for hydroxylation is 2. The second kappa shape index (κ2) is 8.75. The molecule has 2 aromatic rings. The Hall–Kier alpha value is -2.98. The van der Waals surface area contributed by atoms with Gasteiger partial charge in [-0.3, -0.25) is 9.59 Å². The van der Waals surface area contributed by atoms with Gasteiger partial charge >= 0.3 is 0 Å². The van der Waals surface area contributed by atoms with Crippen molar-refractivity contribution in [3.63, 3.8) is 0 Å². The van der Waals surface area contributed by atoms with Crippen LogP contribution in [0.3, 0.4) is 0 Å². The Kier molecular flexibility index (Phi) is 6.15. The minimum absolute atomic E-state index is 0.0406. The van der Waals surface area contributed by atoms with E-state index in [9.17, 15) is 22.4 Å². The minimum atomic E-state index is -3.90. The Morgan fingerprint density at radius 1 is 1.21 bits per heavy atom. The minimum Gasteiger partial charge on any atom is -0.479 e. The largest absolute Gasteiger partial charge is 0.479 e. The van der Waals surface area contributed by atoms with Gasteiger partial charge in [0.2, 0.25) is 15.9 Å². The van der Waals surface area contributed by atoms with Crippen LogP contribution >= 0.6 is 0 Å². The molecule has 0 unspecified atom stereocenters. The molecule has 2 amide bonds. The van der Waals surface area contributed by atoms with Crippen molar-refractivity contribution in [2.45, 2.75) is 44.6 Å². The van der Waals surface area contributed by atoms with Crippen molar-refractivity contribution in [2.24, 2.45) is 5.92 Å². The van der Waals surface area contributed by atoms with Gasteiger partial charge in [0.1, 0.15) is 11.6 Å². The third-order valence-electron chi connectivity index (χ3n) is 6.03. The van der Waals surface area contributed by atoms with Crippen molar-refractivity contribution < 1.29 is 27.1 Å². The topological polar surface area (TPSA) is 105 Å². The van der Waals surface area contributed by atoms with Gasteiger partial charge in [0, 0.05) is 24.8 Å². The maximum atomic E-state index is 13.5. The first-order valence-electron chi connectivity index (χ1n) is 10.8. The third kappa shape index (κ3) is 4.58. The second-order valence-electron chi connectivity index (χ2n) is 8.51. The molecule has 0 spiro atoms. The molecule has 2 N–H and O–H groups in total. The van der Waals surface area contributed by atoms with E-state index >= 15 is 0 Å². The van der Waals surface area contributed by atoms with E-state index in [0.29, 0.717) is 47.6 Å². The van der Waals surface area contributed by atoms with E-state index in [2.05, 4.69) is 10.6 Å². The number of hydrogen-bond acceptors (Lipinski definition) is 5. The Balaban J connectivity index is 1.54. The number of halogens is 1. The summed E-state index contributed by atoms with van der Waals surface area (Å²) in [5.41, 5.74) is 2.00. The van der Waals surface area contributed by atoms with Gasteiger partial charge in [0.05, 0.1) is 16.5 Å². The summed E-state index contributed by atoms with van der Waals surface area (Å²) >= 11 is 0. The van der Waals surface area contributed by atoms with Crippen LogP contribution in [0, 0.1) is 25.6 Å². The molecule has 33 heavy (non-hydrogen) atoms. The summed E-state index contributed by atoms with van der Waals surface area (Å²) in [6.45, 7) is 5.28. The maximum Gasteiger partial charge on any atom is 0.265 e. The van der Waals surface area contributed by atoms with E-state index in [1.165, 1.54) is 28.6 Å². The fourth-order valence-corrected chi connectivity index (χ4v) is 5.88. The molecule has 4 rings (SSSR count). The summed E-state index contributed by atoms with van der Waals surface area (Å²) in [4.78, 5) is 24.8. The van der Waals surface area contributed by atoms with Crippen molar-refractivity contribution in [2.75, 3.05) is 23.7 Å². The van der Waals surface area contributed by atoms with E-state index < -0.39 is 27.9 Å². The van der Waals surface area contributed by atoms with Crippen molar-refractivity contribution in [3.8, 4) is 5.75 Å². The molecule has 2 aliphatic heterocycles. The molecule has 176 valence electrons. The lowest BCUT2D eigenvalue weighted by Gasteiger charge is -2.32. The number of nitrogens with zero attached hydrogens (tertiary/aromatic N) is 1. The number of rotatable bonds is 4. The van der Waals surface area contributed by atoms with E-state index in [1.54, 1.807) is 26.8 Å². The molecule has 0 aliphatic carbocycles. The van der Waals surface area contributed by atoms with Gasteiger partial charge in [-0.05, 0) is 69.0 Å². The van der Waals surface area contributed by atoms with Crippen LogP contribution in [0.4, 0.5) is 15.8 Å². The lowest BCUT2D eigenvalue weighted by molar-refractivity contribution is -0.123. The summed E-state index contributed by atoms with van der Waals surface area (Å²) < 4.78 is 47.2. The molecule has 1 fully saturated rings. The first-order chi connectivity index (χ1) is 15.6. The number of anilines is 2. The molecule has 2 heterocycles. The summed E-state index contributed by atoms with van der Waals surface area (Å²) in [5, 5.41) is 5.51. The van der Waals surface area contributed by atoms with Gasteiger partial charge in [0.25, 0.3) is 5.91 Å². The molecule has 1 saturated heterocycles. The van der Waals surface area contributed by atoms with E-state index in [0.717, 1.165) is 0 Å². The molecule has 0 radical (unpaired) electrons. The van der Waals surface area contributed by atoms with Gasteiger partial charge < -0.3 is 15.4 Å². The number of ether oxygens (including phenoxy) is 1. The van der Waals surface area contributed by atoms with Crippen LogP contribution in [-0.4, -0.2) is 43.7 Å². The van der Waals surface area contributed by atoms with Crippen LogP contribution in [0.25, 0.3) is 0 Å². The van der Waals surface area contributed by atoms with Crippen LogP contribution in [0.5, 0.6) is 5.75 Å². The van der Waals surface area contributed by atoms with Crippen molar-refractivity contribution >= 4 is 33.2 Å². The fraction of sp³-hybridized carbons (Fsp3) is 0.391. The zero-order valence-electron chi connectivity index (χ0n) is 18.6. The zero-order valence-corrected chi connectivity index (χ0v) is 19.5. The average Bonchev–Trinajstić information content (AvgIpc) is 2.76. The van der Waals surface area contributed by atoms with Crippen molar-refractivity contribution in [1.82, 2.24) is 4.31 Å².